The minimum atomic E-state index is -0.498. The van der Waals surface area contributed by atoms with Gasteiger partial charge in [0, 0.05) is 30.6 Å². The predicted molar refractivity (Wildman–Crippen MR) is 96.0 cm³/mol. The molecule has 26 heavy (non-hydrogen) atoms. The minimum absolute atomic E-state index is 0.130. The molecule has 0 bridgehead atoms. The fourth-order valence-corrected chi connectivity index (χ4v) is 2.56. The van der Waals surface area contributed by atoms with Crippen LogP contribution in [0.4, 0.5) is 0 Å². The summed E-state index contributed by atoms with van der Waals surface area (Å²) in [6.45, 7) is 1.17. The van der Waals surface area contributed by atoms with Gasteiger partial charge in [-0.3, -0.25) is 14.7 Å². The average Bonchev–Trinajstić information content (AvgIpc) is 3.09. The van der Waals surface area contributed by atoms with Gasteiger partial charge in [-0.05, 0) is 36.9 Å². The van der Waals surface area contributed by atoms with E-state index in [0.717, 1.165) is 22.6 Å². The van der Waals surface area contributed by atoms with Crippen molar-refractivity contribution in [2.45, 2.75) is 13.1 Å². The molecule has 7 nitrogen and oxygen atoms in total. The van der Waals surface area contributed by atoms with Crippen LogP contribution >= 0.6 is 0 Å². The van der Waals surface area contributed by atoms with Crippen LogP contribution in [0, 0.1) is 0 Å². The van der Waals surface area contributed by atoms with E-state index in [1.165, 1.54) is 0 Å². The molecule has 0 aliphatic heterocycles. The molecule has 1 amide bonds. The maximum Gasteiger partial charge on any atom is 0.255 e. The second-order valence-electron chi connectivity index (χ2n) is 5.99. The Hall–Kier alpha value is -3.19. The summed E-state index contributed by atoms with van der Waals surface area (Å²) in [5, 5.41) is 4.10. The highest BCUT2D eigenvalue weighted by molar-refractivity contribution is 5.75. The second-order valence-corrected chi connectivity index (χ2v) is 5.99. The highest BCUT2D eigenvalue weighted by Gasteiger charge is 2.10. The molecule has 134 valence electrons. The molecule has 0 aliphatic carbocycles. The van der Waals surface area contributed by atoms with Crippen molar-refractivity contribution in [1.29, 1.82) is 0 Å². The zero-order chi connectivity index (χ0) is 18.4. The first-order valence-electron chi connectivity index (χ1n) is 8.15. The Labute approximate surface area is 151 Å². The summed E-state index contributed by atoms with van der Waals surface area (Å²) in [6.07, 6.45) is 3.47. The first-order valence-corrected chi connectivity index (χ1v) is 8.15. The molecule has 0 saturated carbocycles. The van der Waals surface area contributed by atoms with Crippen LogP contribution in [0.2, 0.25) is 0 Å². The number of primary amides is 1. The molecule has 0 spiro atoms. The van der Waals surface area contributed by atoms with E-state index < -0.39 is 5.91 Å². The summed E-state index contributed by atoms with van der Waals surface area (Å²) >= 11 is 0. The Kier molecular flexibility index (Phi) is 5.60. The van der Waals surface area contributed by atoms with Gasteiger partial charge in [0.2, 0.25) is 0 Å². The lowest BCUT2D eigenvalue weighted by Gasteiger charge is -2.15. The van der Waals surface area contributed by atoms with Gasteiger partial charge >= 0.3 is 0 Å². The number of rotatable bonds is 8. The fraction of sp³-hybridized carbons (Fsp3) is 0.211. The van der Waals surface area contributed by atoms with E-state index in [2.05, 4.69) is 15.0 Å². The van der Waals surface area contributed by atoms with E-state index in [0.29, 0.717) is 18.8 Å². The summed E-state index contributed by atoms with van der Waals surface area (Å²) in [4.78, 5) is 17.0. The Morgan fingerprint density at radius 3 is 2.88 bits per heavy atom. The number of hydrogen-bond acceptors (Lipinski definition) is 6. The summed E-state index contributed by atoms with van der Waals surface area (Å²) in [5.41, 5.74) is 7.84. The monoisotopic (exact) mass is 352 g/mol. The molecule has 0 unspecified atom stereocenters. The van der Waals surface area contributed by atoms with Gasteiger partial charge in [0.15, 0.2) is 12.4 Å². The van der Waals surface area contributed by atoms with Gasteiger partial charge < -0.3 is 15.0 Å². The molecule has 1 aromatic carbocycles. The molecule has 0 fully saturated rings. The number of hydrogen-bond donors (Lipinski definition) is 1. The number of carbonyl (C=O) groups excluding carboxylic acids is 1. The number of pyridine rings is 1. The van der Waals surface area contributed by atoms with Crippen molar-refractivity contribution in [2.24, 2.45) is 5.73 Å². The van der Waals surface area contributed by atoms with E-state index in [9.17, 15) is 4.79 Å². The number of nitrogens with zero attached hydrogens (tertiary/aromatic N) is 3. The van der Waals surface area contributed by atoms with Gasteiger partial charge in [-0.1, -0.05) is 17.3 Å². The third-order valence-electron chi connectivity index (χ3n) is 3.67. The van der Waals surface area contributed by atoms with Crippen LogP contribution in [0.1, 0.15) is 11.3 Å². The SMILES string of the molecule is CN(Cc1cccc(OCC(N)=O)c1)Cc1cc(-c2cccnc2)no1. The minimum Gasteiger partial charge on any atom is -0.484 e. The molecule has 0 saturated heterocycles. The number of amides is 1. The zero-order valence-electron chi connectivity index (χ0n) is 14.5. The van der Waals surface area contributed by atoms with Crippen molar-refractivity contribution in [2.75, 3.05) is 13.7 Å². The summed E-state index contributed by atoms with van der Waals surface area (Å²) in [5.74, 6) is 0.892. The highest BCUT2D eigenvalue weighted by atomic mass is 16.5. The molecular formula is C19H20N4O3. The zero-order valence-corrected chi connectivity index (χ0v) is 14.5. The summed E-state index contributed by atoms with van der Waals surface area (Å²) in [7, 11) is 1.99. The molecule has 2 heterocycles. The predicted octanol–water partition coefficient (Wildman–Crippen LogP) is 2.23. The molecule has 3 aromatic rings. The van der Waals surface area contributed by atoms with Gasteiger partial charge in [-0.15, -0.1) is 0 Å². The molecule has 0 radical (unpaired) electrons. The normalized spacial score (nSPS) is 10.8. The first kappa shape index (κ1) is 17.6. The second kappa shape index (κ2) is 8.26. The molecule has 2 N–H and O–H groups in total. The van der Waals surface area contributed by atoms with Gasteiger partial charge in [-0.2, -0.15) is 0 Å². The topological polar surface area (TPSA) is 94.5 Å². The van der Waals surface area contributed by atoms with Crippen LogP contribution in [0.3, 0.4) is 0 Å². The van der Waals surface area contributed by atoms with Crippen LogP contribution < -0.4 is 10.5 Å². The number of ether oxygens (including phenoxy) is 1. The lowest BCUT2D eigenvalue weighted by molar-refractivity contribution is -0.119. The lowest BCUT2D eigenvalue weighted by Crippen LogP contribution is -2.20. The molecule has 0 atom stereocenters. The molecular weight excluding hydrogens is 332 g/mol. The number of nitrogens with two attached hydrogens (primary N) is 1. The summed E-state index contributed by atoms with van der Waals surface area (Å²) in [6, 6.07) is 13.3. The third-order valence-corrected chi connectivity index (χ3v) is 3.67. The van der Waals surface area contributed by atoms with Crippen molar-refractivity contribution in [3.05, 3.63) is 66.2 Å². The van der Waals surface area contributed by atoms with E-state index >= 15 is 0 Å². The molecule has 0 aliphatic rings. The number of carbonyl (C=O) groups is 1. The van der Waals surface area contributed by atoms with Gasteiger partial charge in [0.05, 0.1) is 6.54 Å². The van der Waals surface area contributed by atoms with E-state index in [1.54, 1.807) is 18.5 Å². The van der Waals surface area contributed by atoms with Crippen molar-refractivity contribution in [1.82, 2.24) is 15.0 Å². The van der Waals surface area contributed by atoms with E-state index in [-0.39, 0.29) is 6.61 Å². The van der Waals surface area contributed by atoms with Crippen molar-refractivity contribution in [3.63, 3.8) is 0 Å². The van der Waals surface area contributed by atoms with Crippen molar-refractivity contribution < 1.29 is 14.1 Å². The average molecular weight is 352 g/mol. The molecule has 3 rings (SSSR count). The molecule has 7 heteroatoms. The van der Waals surface area contributed by atoms with Gasteiger partial charge in [0.1, 0.15) is 11.4 Å². The Morgan fingerprint density at radius 1 is 1.23 bits per heavy atom. The number of aromatic nitrogens is 2. The maximum absolute atomic E-state index is 10.8. The van der Waals surface area contributed by atoms with Gasteiger partial charge in [-0.25, -0.2) is 0 Å². The number of benzene rings is 1. The van der Waals surface area contributed by atoms with E-state index in [4.69, 9.17) is 15.0 Å². The standard InChI is InChI=1S/C19H20N4O3/c1-23(11-14-4-2-6-16(8-14)25-13-19(20)24)12-17-9-18(22-26-17)15-5-3-7-21-10-15/h2-10H,11-13H2,1H3,(H2,20,24). The van der Waals surface area contributed by atoms with Crippen molar-refractivity contribution >= 4 is 5.91 Å². The lowest BCUT2D eigenvalue weighted by atomic mass is 10.2. The maximum atomic E-state index is 10.8. The van der Waals surface area contributed by atoms with Crippen LogP contribution in [-0.2, 0) is 17.9 Å². The Morgan fingerprint density at radius 2 is 2.12 bits per heavy atom. The van der Waals surface area contributed by atoms with Crippen molar-refractivity contribution in [3.8, 4) is 17.0 Å². The smallest absolute Gasteiger partial charge is 0.255 e. The largest absolute Gasteiger partial charge is 0.484 e. The Balaban J connectivity index is 1.59. The van der Waals surface area contributed by atoms with Crippen LogP contribution in [0.25, 0.3) is 11.3 Å². The van der Waals surface area contributed by atoms with Gasteiger partial charge in [0.25, 0.3) is 5.91 Å². The van der Waals surface area contributed by atoms with Crippen LogP contribution in [0.15, 0.2) is 59.4 Å². The van der Waals surface area contributed by atoms with Crippen LogP contribution in [-0.4, -0.2) is 34.6 Å². The summed E-state index contributed by atoms with van der Waals surface area (Å²) < 4.78 is 10.8. The first-order chi connectivity index (χ1) is 12.6. The highest BCUT2D eigenvalue weighted by Crippen LogP contribution is 2.19. The quantitative estimate of drug-likeness (QED) is 0.668. The third kappa shape index (κ3) is 4.90. The van der Waals surface area contributed by atoms with Crippen LogP contribution in [0.5, 0.6) is 5.75 Å². The Bertz CT molecular complexity index is 864. The molecule has 2 aromatic heterocycles. The van der Waals surface area contributed by atoms with E-state index in [1.807, 2.05) is 43.4 Å². The fourth-order valence-electron chi connectivity index (χ4n) is 2.56.